The summed E-state index contributed by atoms with van der Waals surface area (Å²) in [4.78, 5) is 0. The Bertz CT molecular complexity index is 419. The number of hydrogen-bond donors (Lipinski definition) is 1. The van der Waals surface area contributed by atoms with E-state index in [4.69, 9.17) is 9.47 Å². The molecule has 0 spiro atoms. The van der Waals surface area contributed by atoms with Crippen molar-refractivity contribution in [3.63, 3.8) is 0 Å². The molecule has 2 atom stereocenters. The van der Waals surface area contributed by atoms with Crippen LogP contribution in [0.2, 0.25) is 0 Å². The summed E-state index contributed by atoms with van der Waals surface area (Å²) >= 11 is 3.64. The first-order chi connectivity index (χ1) is 9.74. The second-order valence-corrected chi connectivity index (χ2v) is 6.08. The van der Waals surface area contributed by atoms with E-state index in [0.29, 0.717) is 12.1 Å². The number of likely N-dealkylation sites (N-methyl/N-ethyl adjacent to an activating group) is 1. The Hall–Kier alpha value is -0.580. The molecule has 0 bridgehead atoms. The van der Waals surface area contributed by atoms with Crippen molar-refractivity contribution in [2.45, 2.75) is 44.8 Å². The number of hydrogen-bond acceptors (Lipinski definition) is 3. The minimum atomic E-state index is 0.321. The topological polar surface area (TPSA) is 30.5 Å². The van der Waals surface area contributed by atoms with Crippen LogP contribution in [0.1, 0.15) is 31.7 Å². The first-order valence-electron chi connectivity index (χ1n) is 7.42. The van der Waals surface area contributed by atoms with E-state index < -0.39 is 0 Å². The fourth-order valence-corrected chi connectivity index (χ4v) is 3.16. The van der Waals surface area contributed by atoms with Crippen molar-refractivity contribution in [2.75, 3.05) is 20.3 Å². The highest BCUT2D eigenvalue weighted by molar-refractivity contribution is 9.10. The van der Waals surface area contributed by atoms with Gasteiger partial charge in [0.15, 0.2) is 0 Å². The first-order valence-corrected chi connectivity index (χ1v) is 8.21. The molecule has 1 fully saturated rings. The number of halogens is 1. The van der Waals surface area contributed by atoms with Crippen LogP contribution in [-0.4, -0.2) is 32.4 Å². The van der Waals surface area contributed by atoms with E-state index in [0.717, 1.165) is 36.2 Å². The van der Waals surface area contributed by atoms with E-state index in [1.807, 2.05) is 6.07 Å². The van der Waals surface area contributed by atoms with Crippen LogP contribution in [0.15, 0.2) is 22.7 Å². The number of methoxy groups -OCH3 is 1. The molecule has 2 rings (SSSR count). The third kappa shape index (κ3) is 4.21. The molecule has 1 heterocycles. The van der Waals surface area contributed by atoms with Gasteiger partial charge in [-0.3, -0.25) is 0 Å². The summed E-state index contributed by atoms with van der Waals surface area (Å²) < 4.78 is 12.4. The van der Waals surface area contributed by atoms with Gasteiger partial charge in [0.1, 0.15) is 5.75 Å². The molecule has 0 amide bonds. The van der Waals surface area contributed by atoms with Gasteiger partial charge in [-0.25, -0.2) is 0 Å². The highest BCUT2D eigenvalue weighted by atomic mass is 79.9. The van der Waals surface area contributed by atoms with Crippen LogP contribution in [0.4, 0.5) is 0 Å². The van der Waals surface area contributed by atoms with Gasteiger partial charge in [-0.2, -0.15) is 0 Å². The SMILES string of the molecule is CCNC(Cc1cc(OC)ccc1Br)C1CCCCO1. The van der Waals surface area contributed by atoms with Crippen molar-refractivity contribution in [2.24, 2.45) is 0 Å². The summed E-state index contributed by atoms with van der Waals surface area (Å²) in [7, 11) is 1.71. The smallest absolute Gasteiger partial charge is 0.119 e. The Morgan fingerprint density at radius 3 is 2.95 bits per heavy atom. The second kappa shape index (κ2) is 8.01. The molecule has 1 aromatic rings. The Kier molecular flexibility index (Phi) is 6.33. The lowest BCUT2D eigenvalue weighted by atomic mass is 9.96. The summed E-state index contributed by atoms with van der Waals surface area (Å²) in [5.74, 6) is 0.906. The van der Waals surface area contributed by atoms with Gasteiger partial charge in [0.2, 0.25) is 0 Å². The Morgan fingerprint density at radius 1 is 1.45 bits per heavy atom. The predicted molar refractivity (Wildman–Crippen MR) is 85.5 cm³/mol. The van der Waals surface area contributed by atoms with E-state index >= 15 is 0 Å². The van der Waals surface area contributed by atoms with Crippen molar-refractivity contribution in [3.05, 3.63) is 28.2 Å². The van der Waals surface area contributed by atoms with Crippen molar-refractivity contribution in [1.82, 2.24) is 5.32 Å². The van der Waals surface area contributed by atoms with Gasteiger partial charge >= 0.3 is 0 Å². The number of ether oxygens (including phenoxy) is 2. The monoisotopic (exact) mass is 341 g/mol. The summed E-state index contributed by atoms with van der Waals surface area (Å²) in [5, 5.41) is 3.58. The van der Waals surface area contributed by atoms with Gasteiger partial charge in [-0.05, 0) is 56.0 Å². The van der Waals surface area contributed by atoms with Crippen molar-refractivity contribution in [1.29, 1.82) is 0 Å². The summed E-state index contributed by atoms with van der Waals surface area (Å²) in [6.07, 6.45) is 4.89. The van der Waals surface area contributed by atoms with Crippen LogP contribution in [0.25, 0.3) is 0 Å². The average molecular weight is 342 g/mol. The molecule has 1 aliphatic rings. The lowest BCUT2D eigenvalue weighted by Gasteiger charge is -2.31. The van der Waals surface area contributed by atoms with Gasteiger partial charge in [-0.1, -0.05) is 22.9 Å². The van der Waals surface area contributed by atoms with Crippen LogP contribution >= 0.6 is 15.9 Å². The molecule has 112 valence electrons. The third-order valence-corrected chi connectivity index (χ3v) is 4.60. The number of rotatable bonds is 6. The van der Waals surface area contributed by atoms with Crippen LogP contribution < -0.4 is 10.1 Å². The fraction of sp³-hybridized carbons (Fsp3) is 0.625. The molecule has 1 N–H and O–H groups in total. The van der Waals surface area contributed by atoms with Gasteiger partial charge < -0.3 is 14.8 Å². The minimum absolute atomic E-state index is 0.321. The van der Waals surface area contributed by atoms with E-state index in [1.54, 1.807) is 7.11 Å². The minimum Gasteiger partial charge on any atom is -0.497 e. The maximum absolute atomic E-state index is 5.95. The molecule has 0 saturated carbocycles. The molecule has 1 aromatic carbocycles. The molecule has 1 aliphatic heterocycles. The Balaban J connectivity index is 2.10. The van der Waals surface area contributed by atoms with E-state index in [2.05, 4.69) is 40.3 Å². The molecule has 0 aromatic heterocycles. The Labute approximate surface area is 130 Å². The molecule has 1 saturated heterocycles. The van der Waals surface area contributed by atoms with Crippen LogP contribution in [-0.2, 0) is 11.2 Å². The predicted octanol–water partition coefficient (Wildman–Crippen LogP) is 3.55. The van der Waals surface area contributed by atoms with Crippen molar-refractivity contribution < 1.29 is 9.47 Å². The van der Waals surface area contributed by atoms with Gasteiger partial charge in [0, 0.05) is 17.1 Å². The zero-order chi connectivity index (χ0) is 14.4. The lowest BCUT2D eigenvalue weighted by Crippen LogP contribution is -2.44. The van der Waals surface area contributed by atoms with Gasteiger partial charge in [0.25, 0.3) is 0 Å². The second-order valence-electron chi connectivity index (χ2n) is 5.23. The fourth-order valence-electron chi connectivity index (χ4n) is 2.75. The lowest BCUT2D eigenvalue weighted by molar-refractivity contribution is -0.00712. The third-order valence-electron chi connectivity index (χ3n) is 3.82. The summed E-state index contributed by atoms with van der Waals surface area (Å²) in [6.45, 7) is 4.01. The van der Waals surface area contributed by atoms with Crippen LogP contribution in [0.5, 0.6) is 5.75 Å². The first kappa shape index (κ1) is 15.8. The molecule has 20 heavy (non-hydrogen) atoms. The van der Waals surface area contributed by atoms with Crippen LogP contribution in [0, 0.1) is 0 Å². The van der Waals surface area contributed by atoms with Gasteiger partial charge in [-0.15, -0.1) is 0 Å². The Morgan fingerprint density at radius 2 is 2.30 bits per heavy atom. The summed E-state index contributed by atoms with van der Waals surface area (Å²) in [6, 6.07) is 6.51. The maximum atomic E-state index is 5.95. The molecule has 3 nitrogen and oxygen atoms in total. The van der Waals surface area contributed by atoms with Crippen molar-refractivity contribution >= 4 is 15.9 Å². The molecule has 4 heteroatoms. The highest BCUT2D eigenvalue weighted by Crippen LogP contribution is 2.26. The quantitative estimate of drug-likeness (QED) is 0.858. The maximum Gasteiger partial charge on any atom is 0.119 e. The standard InChI is InChI=1S/C16H24BrNO2/c1-3-18-15(16-6-4-5-9-20-16)11-12-10-13(19-2)7-8-14(12)17/h7-8,10,15-16,18H,3-6,9,11H2,1-2H3. The van der Waals surface area contributed by atoms with Crippen molar-refractivity contribution in [3.8, 4) is 5.75 Å². The summed E-state index contributed by atoms with van der Waals surface area (Å²) in [5.41, 5.74) is 1.27. The largest absolute Gasteiger partial charge is 0.497 e. The molecular formula is C16H24BrNO2. The number of benzene rings is 1. The normalized spacial score (nSPS) is 20.6. The number of nitrogens with one attached hydrogen (secondary N) is 1. The molecular weight excluding hydrogens is 318 g/mol. The zero-order valence-corrected chi connectivity index (χ0v) is 13.9. The van der Waals surface area contributed by atoms with Crippen LogP contribution in [0.3, 0.4) is 0 Å². The molecule has 2 unspecified atom stereocenters. The van der Waals surface area contributed by atoms with E-state index in [1.165, 1.54) is 18.4 Å². The van der Waals surface area contributed by atoms with Gasteiger partial charge in [0.05, 0.1) is 13.2 Å². The zero-order valence-electron chi connectivity index (χ0n) is 12.3. The average Bonchev–Trinajstić information content (AvgIpc) is 2.49. The highest BCUT2D eigenvalue weighted by Gasteiger charge is 2.24. The molecule has 0 aliphatic carbocycles. The van der Waals surface area contributed by atoms with E-state index in [-0.39, 0.29) is 0 Å². The molecule has 0 radical (unpaired) electrons. The van der Waals surface area contributed by atoms with E-state index in [9.17, 15) is 0 Å².